The van der Waals surface area contributed by atoms with Gasteiger partial charge in [0.2, 0.25) is 0 Å². The Labute approximate surface area is 161 Å². The molecule has 1 aromatic carbocycles. The zero-order chi connectivity index (χ0) is 18.6. The van der Waals surface area contributed by atoms with E-state index in [1.807, 2.05) is 66.9 Å². The molecule has 134 valence electrons. The molecule has 0 saturated heterocycles. The van der Waals surface area contributed by atoms with Crippen molar-refractivity contribution < 1.29 is 4.79 Å². The number of para-hydroxylation sites is 1. The lowest BCUT2D eigenvalue weighted by Gasteiger charge is -2.12. The lowest BCUT2D eigenvalue weighted by molar-refractivity contribution is 0.0941. The first kappa shape index (κ1) is 17.2. The minimum absolute atomic E-state index is 0.0701. The fourth-order valence-corrected chi connectivity index (χ4v) is 3.59. The smallest absolute Gasteiger partial charge is 0.255 e. The molecule has 1 amide bonds. The number of thiophene rings is 1. The van der Waals surface area contributed by atoms with Gasteiger partial charge in [0.15, 0.2) is 0 Å². The summed E-state index contributed by atoms with van der Waals surface area (Å²) in [7, 11) is 0. The van der Waals surface area contributed by atoms with Crippen LogP contribution >= 0.6 is 11.3 Å². The Balaban J connectivity index is 1.72. The number of carbonyl (C=O) groups excluding carboxylic acids is 1. The van der Waals surface area contributed by atoms with Gasteiger partial charge in [0.05, 0.1) is 17.3 Å². The number of amides is 1. The number of pyridine rings is 1. The number of carbonyl (C=O) groups is 1. The van der Waals surface area contributed by atoms with Crippen LogP contribution in [0.5, 0.6) is 0 Å². The largest absolute Gasteiger partial charge is 0.345 e. The molecule has 0 unspecified atom stereocenters. The van der Waals surface area contributed by atoms with Crippen LogP contribution in [0.15, 0.2) is 78.6 Å². The molecule has 0 spiro atoms. The summed E-state index contributed by atoms with van der Waals surface area (Å²) in [6.07, 6.45) is 5.20. The Morgan fingerprint density at radius 2 is 1.96 bits per heavy atom. The summed E-state index contributed by atoms with van der Waals surface area (Å²) < 4.78 is 1.73. The molecule has 0 aliphatic rings. The minimum atomic E-state index is -0.156. The first-order chi connectivity index (χ1) is 13.2. The number of aromatic nitrogens is 3. The first-order valence-electron chi connectivity index (χ1n) is 8.62. The van der Waals surface area contributed by atoms with Crippen molar-refractivity contribution in [1.29, 1.82) is 0 Å². The van der Waals surface area contributed by atoms with E-state index in [2.05, 4.69) is 15.4 Å². The number of nitrogens with one attached hydrogen (secondary N) is 1. The highest BCUT2D eigenvalue weighted by Crippen LogP contribution is 2.25. The van der Waals surface area contributed by atoms with Gasteiger partial charge in [0.1, 0.15) is 5.69 Å². The van der Waals surface area contributed by atoms with Crippen LogP contribution in [-0.4, -0.2) is 20.7 Å². The Morgan fingerprint density at radius 3 is 2.67 bits per heavy atom. The predicted octanol–water partition coefficient (Wildman–Crippen LogP) is 4.49. The average Bonchev–Trinajstić information content (AvgIpc) is 3.40. The van der Waals surface area contributed by atoms with Gasteiger partial charge in [-0.15, -0.1) is 11.3 Å². The predicted molar refractivity (Wildman–Crippen MR) is 107 cm³/mol. The van der Waals surface area contributed by atoms with E-state index in [0.29, 0.717) is 11.3 Å². The molecule has 4 aromatic rings. The monoisotopic (exact) mass is 374 g/mol. The van der Waals surface area contributed by atoms with Crippen molar-refractivity contribution >= 4 is 17.2 Å². The molecule has 5 nitrogen and oxygen atoms in total. The summed E-state index contributed by atoms with van der Waals surface area (Å²) in [6.45, 7) is 1.98. The number of rotatable bonds is 5. The van der Waals surface area contributed by atoms with Gasteiger partial charge in [-0.3, -0.25) is 9.78 Å². The molecule has 0 fully saturated rings. The number of hydrogen-bond acceptors (Lipinski definition) is 4. The second-order valence-corrected chi connectivity index (χ2v) is 7.10. The molecular weight excluding hydrogens is 356 g/mol. The zero-order valence-corrected chi connectivity index (χ0v) is 15.6. The summed E-state index contributed by atoms with van der Waals surface area (Å²) in [5.74, 6) is -0.156. The SMILES string of the molecule is C[C@@H](NC(=O)c1cn(-c2ccccc2)nc1-c1cccnc1)c1cccs1. The lowest BCUT2D eigenvalue weighted by atomic mass is 10.1. The van der Waals surface area contributed by atoms with Gasteiger partial charge in [-0.25, -0.2) is 4.68 Å². The minimum Gasteiger partial charge on any atom is -0.345 e. The Bertz CT molecular complexity index is 1030. The first-order valence-corrected chi connectivity index (χ1v) is 9.50. The maximum Gasteiger partial charge on any atom is 0.255 e. The van der Waals surface area contributed by atoms with Gasteiger partial charge in [0.25, 0.3) is 5.91 Å². The summed E-state index contributed by atoms with van der Waals surface area (Å²) in [5.41, 5.74) is 2.84. The van der Waals surface area contributed by atoms with E-state index in [9.17, 15) is 4.79 Å². The van der Waals surface area contributed by atoms with Crippen LogP contribution in [0.2, 0.25) is 0 Å². The van der Waals surface area contributed by atoms with E-state index < -0.39 is 0 Å². The fraction of sp³-hybridized carbons (Fsp3) is 0.0952. The third-order valence-electron chi connectivity index (χ3n) is 4.23. The van der Waals surface area contributed by atoms with Crippen molar-refractivity contribution in [3.8, 4) is 16.9 Å². The van der Waals surface area contributed by atoms with E-state index in [1.165, 1.54) is 0 Å². The molecule has 0 bridgehead atoms. The van der Waals surface area contributed by atoms with Crippen LogP contribution in [0.1, 0.15) is 28.2 Å². The van der Waals surface area contributed by atoms with Crippen LogP contribution in [0.25, 0.3) is 16.9 Å². The molecule has 3 aromatic heterocycles. The van der Waals surface area contributed by atoms with Crippen molar-refractivity contribution in [3.05, 3.63) is 89.0 Å². The summed E-state index contributed by atoms with van der Waals surface area (Å²) >= 11 is 1.63. The van der Waals surface area contributed by atoms with E-state index >= 15 is 0 Å². The van der Waals surface area contributed by atoms with Gasteiger partial charge in [-0.1, -0.05) is 24.3 Å². The molecule has 3 heterocycles. The van der Waals surface area contributed by atoms with Gasteiger partial charge in [-0.2, -0.15) is 5.10 Å². The molecule has 6 heteroatoms. The van der Waals surface area contributed by atoms with Crippen LogP contribution in [-0.2, 0) is 0 Å². The standard InChI is InChI=1S/C21H18N4OS/c1-15(19-10-6-12-27-19)23-21(26)18-14-25(17-8-3-2-4-9-17)24-20(18)16-7-5-11-22-13-16/h2-15H,1H3,(H,23,26)/t15-/m1/s1. The molecular formula is C21H18N4OS. The molecule has 27 heavy (non-hydrogen) atoms. The molecule has 0 radical (unpaired) electrons. The Morgan fingerprint density at radius 1 is 1.11 bits per heavy atom. The molecule has 0 aliphatic carbocycles. The van der Waals surface area contributed by atoms with Gasteiger partial charge < -0.3 is 5.32 Å². The highest BCUT2D eigenvalue weighted by atomic mass is 32.1. The van der Waals surface area contributed by atoms with Gasteiger partial charge in [0, 0.05) is 29.0 Å². The van der Waals surface area contributed by atoms with E-state index in [1.54, 1.807) is 34.6 Å². The van der Waals surface area contributed by atoms with Crippen molar-refractivity contribution in [2.75, 3.05) is 0 Å². The van der Waals surface area contributed by atoms with Crippen molar-refractivity contribution in [1.82, 2.24) is 20.1 Å². The van der Waals surface area contributed by atoms with Crippen molar-refractivity contribution in [3.63, 3.8) is 0 Å². The van der Waals surface area contributed by atoms with E-state index in [0.717, 1.165) is 16.1 Å². The number of nitrogens with zero attached hydrogens (tertiary/aromatic N) is 3. The maximum absolute atomic E-state index is 13.0. The molecule has 0 aliphatic heterocycles. The van der Waals surface area contributed by atoms with Crippen LogP contribution < -0.4 is 5.32 Å². The molecule has 0 saturated carbocycles. The third-order valence-corrected chi connectivity index (χ3v) is 5.29. The normalized spacial score (nSPS) is 11.9. The van der Waals surface area contributed by atoms with Gasteiger partial charge in [-0.05, 0) is 42.6 Å². The third kappa shape index (κ3) is 3.66. The molecule has 1 N–H and O–H groups in total. The highest BCUT2D eigenvalue weighted by Gasteiger charge is 2.20. The topological polar surface area (TPSA) is 59.8 Å². The second-order valence-electron chi connectivity index (χ2n) is 6.12. The molecule has 4 rings (SSSR count). The van der Waals surface area contributed by atoms with Crippen molar-refractivity contribution in [2.45, 2.75) is 13.0 Å². The Kier molecular flexibility index (Phi) is 4.80. The van der Waals surface area contributed by atoms with E-state index in [-0.39, 0.29) is 11.9 Å². The lowest BCUT2D eigenvalue weighted by Crippen LogP contribution is -2.26. The van der Waals surface area contributed by atoms with Crippen LogP contribution in [0.3, 0.4) is 0 Å². The summed E-state index contributed by atoms with van der Waals surface area (Å²) in [5, 5.41) is 9.74. The van der Waals surface area contributed by atoms with Crippen LogP contribution in [0, 0.1) is 0 Å². The molecule has 1 atom stereocenters. The van der Waals surface area contributed by atoms with Crippen molar-refractivity contribution in [2.24, 2.45) is 0 Å². The van der Waals surface area contributed by atoms with Gasteiger partial charge >= 0.3 is 0 Å². The Hall–Kier alpha value is -3.25. The maximum atomic E-state index is 13.0. The highest BCUT2D eigenvalue weighted by molar-refractivity contribution is 7.10. The number of benzene rings is 1. The summed E-state index contributed by atoms with van der Waals surface area (Å²) in [6, 6.07) is 17.4. The zero-order valence-electron chi connectivity index (χ0n) is 14.7. The quantitative estimate of drug-likeness (QED) is 0.560. The fourth-order valence-electron chi connectivity index (χ4n) is 2.85. The second kappa shape index (κ2) is 7.55. The van der Waals surface area contributed by atoms with Crippen LogP contribution in [0.4, 0.5) is 0 Å². The van der Waals surface area contributed by atoms with E-state index in [4.69, 9.17) is 0 Å². The average molecular weight is 374 g/mol. The number of hydrogen-bond donors (Lipinski definition) is 1. The summed E-state index contributed by atoms with van der Waals surface area (Å²) in [4.78, 5) is 18.3.